The lowest BCUT2D eigenvalue weighted by atomic mass is 10.0. The Kier molecular flexibility index (Phi) is 2.44. The summed E-state index contributed by atoms with van der Waals surface area (Å²) in [4.78, 5) is 3.38. The van der Waals surface area contributed by atoms with Gasteiger partial charge in [0.25, 0.3) is 0 Å². The molecule has 1 unspecified atom stereocenters. The van der Waals surface area contributed by atoms with Crippen LogP contribution >= 0.6 is 0 Å². The number of hydrogen-bond donors (Lipinski definition) is 0. The number of aryl methyl sites for hydroxylation is 1. The summed E-state index contributed by atoms with van der Waals surface area (Å²) in [6.07, 6.45) is 0. The highest BCUT2D eigenvalue weighted by molar-refractivity contribution is 5.30. The van der Waals surface area contributed by atoms with Gasteiger partial charge in [-0.1, -0.05) is 0 Å². The van der Waals surface area contributed by atoms with Crippen LogP contribution in [0.4, 0.5) is 4.39 Å². The topological polar surface area (TPSA) is 4.36 Å². The molecule has 0 spiro atoms. The third kappa shape index (κ3) is 1.62. The van der Waals surface area contributed by atoms with Crippen LogP contribution < -0.4 is 0 Å². The van der Waals surface area contributed by atoms with Crippen molar-refractivity contribution in [2.24, 2.45) is 0 Å². The summed E-state index contributed by atoms with van der Waals surface area (Å²) in [5, 5.41) is 0. The maximum Gasteiger partial charge on any atom is 0.246 e. The molecule has 0 fully saturated rings. The van der Waals surface area contributed by atoms with E-state index in [0.29, 0.717) is 0 Å². The second-order valence-corrected chi connectivity index (χ2v) is 2.81. The Bertz CT molecular complexity index is 325. The van der Waals surface area contributed by atoms with Crippen LogP contribution in [0.5, 0.6) is 0 Å². The van der Waals surface area contributed by atoms with Gasteiger partial charge in [0.2, 0.25) is 6.04 Å². The monoisotopic (exact) mass is 163 g/mol. The maximum atomic E-state index is 12.6. The minimum absolute atomic E-state index is 0.175. The standard InChI is InChI=1S/C10H10FN/c1-7-6-9(11)4-5-10(7)8(2)12-3/h4-6,8H,1-2H3. The zero-order chi connectivity index (χ0) is 9.14. The molecule has 0 radical (unpaired) electrons. The van der Waals surface area contributed by atoms with Crippen molar-refractivity contribution in [3.63, 3.8) is 0 Å². The summed E-state index contributed by atoms with van der Waals surface area (Å²) in [5.74, 6) is -0.242. The molecule has 1 rings (SSSR count). The van der Waals surface area contributed by atoms with E-state index in [1.165, 1.54) is 12.1 Å². The highest BCUT2D eigenvalue weighted by Gasteiger charge is 2.11. The van der Waals surface area contributed by atoms with Gasteiger partial charge in [0, 0.05) is 12.5 Å². The van der Waals surface area contributed by atoms with Crippen molar-refractivity contribution < 1.29 is 4.39 Å². The molecule has 0 saturated carbocycles. The van der Waals surface area contributed by atoms with Crippen LogP contribution in [0, 0.1) is 19.3 Å². The van der Waals surface area contributed by atoms with Gasteiger partial charge in [-0.25, -0.2) is 11.0 Å². The molecule has 2 heteroatoms. The zero-order valence-electron chi connectivity index (χ0n) is 7.13. The van der Waals surface area contributed by atoms with Crippen molar-refractivity contribution in [3.05, 3.63) is 46.6 Å². The van der Waals surface area contributed by atoms with Crippen LogP contribution in [-0.4, -0.2) is 0 Å². The molecule has 0 aromatic heterocycles. The highest BCUT2D eigenvalue weighted by atomic mass is 19.1. The molecule has 0 aliphatic carbocycles. The van der Waals surface area contributed by atoms with Crippen LogP contribution in [0.15, 0.2) is 18.2 Å². The van der Waals surface area contributed by atoms with Crippen LogP contribution in [0.2, 0.25) is 0 Å². The fourth-order valence-corrected chi connectivity index (χ4v) is 1.18. The van der Waals surface area contributed by atoms with E-state index >= 15 is 0 Å². The van der Waals surface area contributed by atoms with Crippen LogP contribution in [-0.2, 0) is 0 Å². The fraction of sp³-hybridized carbons (Fsp3) is 0.300. The first-order valence-electron chi connectivity index (χ1n) is 3.77. The average Bonchev–Trinajstić information content (AvgIpc) is 2.03. The summed E-state index contributed by atoms with van der Waals surface area (Å²) in [6.45, 7) is 10.5. The van der Waals surface area contributed by atoms with Crippen molar-refractivity contribution in [1.29, 1.82) is 0 Å². The lowest BCUT2D eigenvalue weighted by Crippen LogP contribution is -1.92. The Balaban J connectivity index is 3.11. The van der Waals surface area contributed by atoms with Gasteiger partial charge in [0.15, 0.2) is 0 Å². The van der Waals surface area contributed by atoms with Gasteiger partial charge in [0.05, 0.1) is 0 Å². The van der Waals surface area contributed by atoms with E-state index in [0.717, 1.165) is 11.1 Å². The third-order valence-corrected chi connectivity index (χ3v) is 1.88. The molecular weight excluding hydrogens is 153 g/mol. The van der Waals surface area contributed by atoms with Crippen LogP contribution in [0.3, 0.4) is 0 Å². The number of halogens is 1. The van der Waals surface area contributed by atoms with E-state index in [2.05, 4.69) is 4.85 Å². The molecule has 0 aliphatic heterocycles. The second-order valence-electron chi connectivity index (χ2n) is 2.81. The van der Waals surface area contributed by atoms with Crippen molar-refractivity contribution in [2.45, 2.75) is 19.9 Å². The molecule has 62 valence electrons. The molecule has 0 saturated heterocycles. The first kappa shape index (κ1) is 8.73. The van der Waals surface area contributed by atoms with Gasteiger partial charge in [-0.15, -0.1) is 0 Å². The minimum atomic E-state index is -0.242. The lowest BCUT2D eigenvalue weighted by molar-refractivity contribution is 0.625. The number of hydrogen-bond acceptors (Lipinski definition) is 0. The first-order valence-corrected chi connectivity index (χ1v) is 3.77. The van der Waals surface area contributed by atoms with Crippen LogP contribution in [0.1, 0.15) is 24.1 Å². The number of benzene rings is 1. The Morgan fingerprint density at radius 1 is 1.50 bits per heavy atom. The number of nitrogens with zero attached hydrogens (tertiary/aromatic N) is 1. The van der Waals surface area contributed by atoms with Gasteiger partial charge in [0.1, 0.15) is 5.82 Å². The molecule has 0 amide bonds. The highest BCUT2D eigenvalue weighted by Crippen LogP contribution is 2.20. The molecule has 0 bridgehead atoms. The molecule has 12 heavy (non-hydrogen) atoms. The van der Waals surface area contributed by atoms with Gasteiger partial charge >= 0.3 is 0 Å². The fourth-order valence-electron chi connectivity index (χ4n) is 1.18. The maximum absolute atomic E-state index is 12.6. The van der Waals surface area contributed by atoms with E-state index in [-0.39, 0.29) is 11.9 Å². The summed E-state index contributed by atoms with van der Waals surface area (Å²) in [5.41, 5.74) is 1.75. The molecule has 1 atom stereocenters. The van der Waals surface area contributed by atoms with Gasteiger partial charge in [-0.3, -0.25) is 0 Å². The molecule has 0 aliphatic rings. The normalized spacial score (nSPS) is 12.2. The van der Waals surface area contributed by atoms with E-state index in [9.17, 15) is 4.39 Å². The van der Waals surface area contributed by atoms with Crippen molar-refractivity contribution in [2.75, 3.05) is 0 Å². The average molecular weight is 163 g/mol. The summed E-state index contributed by atoms with van der Waals surface area (Å²) in [7, 11) is 0. The molecular formula is C10H10FN. The molecule has 0 N–H and O–H groups in total. The molecule has 1 aromatic carbocycles. The summed E-state index contributed by atoms with van der Waals surface area (Å²) < 4.78 is 12.6. The van der Waals surface area contributed by atoms with Gasteiger partial charge in [-0.2, -0.15) is 0 Å². The molecule has 0 heterocycles. The predicted octanol–water partition coefficient (Wildman–Crippen LogP) is 3.11. The van der Waals surface area contributed by atoms with E-state index in [1.54, 1.807) is 6.07 Å². The SMILES string of the molecule is [C-]#[N+]C(C)c1ccc(F)cc1C. The Morgan fingerprint density at radius 2 is 2.17 bits per heavy atom. The van der Waals surface area contributed by atoms with E-state index < -0.39 is 0 Å². The van der Waals surface area contributed by atoms with Crippen molar-refractivity contribution >= 4 is 0 Å². The zero-order valence-corrected chi connectivity index (χ0v) is 7.13. The second kappa shape index (κ2) is 3.36. The lowest BCUT2D eigenvalue weighted by Gasteiger charge is -2.03. The van der Waals surface area contributed by atoms with E-state index in [4.69, 9.17) is 6.57 Å². The van der Waals surface area contributed by atoms with Crippen molar-refractivity contribution in [3.8, 4) is 0 Å². The number of rotatable bonds is 1. The molecule has 1 nitrogen and oxygen atoms in total. The predicted molar refractivity (Wildman–Crippen MR) is 46.2 cm³/mol. The Hall–Kier alpha value is -1.36. The minimum Gasteiger partial charge on any atom is -0.309 e. The Labute approximate surface area is 71.7 Å². The van der Waals surface area contributed by atoms with Gasteiger partial charge < -0.3 is 4.85 Å². The smallest absolute Gasteiger partial charge is 0.246 e. The van der Waals surface area contributed by atoms with Crippen LogP contribution in [0.25, 0.3) is 4.85 Å². The molecule has 1 aromatic rings. The van der Waals surface area contributed by atoms with Crippen molar-refractivity contribution in [1.82, 2.24) is 0 Å². The van der Waals surface area contributed by atoms with E-state index in [1.807, 2.05) is 13.8 Å². The Morgan fingerprint density at radius 3 is 2.67 bits per heavy atom. The van der Waals surface area contributed by atoms with Gasteiger partial charge in [-0.05, 0) is 30.7 Å². The largest absolute Gasteiger partial charge is 0.309 e. The summed E-state index contributed by atoms with van der Waals surface area (Å²) in [6, 6.07) is 4.35. The first-order chi connectivity index (χ1) is 5.65. The summed E-state index contributed by atoms with van der Waals surface area (Å²) >= 11 is 0. The quantitative estimate of drug-likeness (QED) is 0.560. The third-order valence-electron chi connectivity index (χ3n) is 1.88.